The van der Waals surface area contributed by atoms with Crippen LogP contribution in [0.25, 0.3) is 33.5 Å². The van der Waals surface area contributed by atoms with Crippen molar-refractivity contribution in [2.45, 2.75) is 6.61 Å². The zero-order valence-corrected chi connectivity index (χ0v) is 22.8. The van der Waals surface area contributed by atoms with E-state index in [1.807, 2.05) is 0 Å². The third-order valence-electron chi connectivity index (χ3n) is 6.48. The standard InChI is InChI=1S/C31H21ClN4O6/c1-40-28-14-19(9-11-27(28)41-18-20-5-4-6-23(13-20)36(38)39)17-33-35-30(34-25-8-3-2-7-24(25)31(35)37)29-16-21-15-22(32)10-12-26(21)42-29/h2-17H,18H2,1H3. The van der Waals surface area contributed by atoms with Crippen molar-refractivity contribution >= 4 is 45.4 Å². The molecule has 2 heterocycles. The SMILES string of the molecule is COc1cc(C=Nn2c(-c3cc4cc(Cl)ccc4o3)nc3ccccc3c2=O)ccc1OCc1cccc([N+](=O)[O-])c1. The first-order valence-electron chi connectivity index (χ1n) is 12.7. The summed E-state index contributed by atoms with van der Waals surface area (Å²) in [4.78, 5) is 28.8. The number of methoxy groups -OCH3 is 1. The molecule has 10 nitrogen and oxygen atoms in total. The number of nitro benzene ring substituents is 1. The average Bonchev–Trinajstić information content (AvgIpc) is 3.43. The van der Waals surface area contributed by atoms with Gasteiger partial charge >= 0.3 is 0 Å². The first-order chi connectivity index (χ1) is 20.4. The lowest BCUT2D eigenvalue weighted by Gasteiger charge is -2.11. The minimum atomic E-state index is -0.455. The molecule has 11 heteroatoms. The number of hydrogen-bond donors (Lipinski definition) is 0. The van der Waals surface area contributed by atoms with Crippen molar-refractivity contribution in [2.75, 3.05) is 7.11 Å². The molecule has 0 saturated carbocycles. The number of para-hydroxylation sites is 1. The number of nitrogens with zero attached hydrogens (tertiary/aromatic N) is 4. The molecule has 0 aliphatic rings. The number of ether oxygens (including phenoxy) is 2. The van der Waals surface area contributed by atoms with E-state index in [2.05, 4.69) is 10.1 Å². The van der Waals surface area contributed by atoms with Crippen LogP contribution < -0.4 is 15.0 Å². The fourth-order valence-electron chi connectivity index (χ4n) is 4.44. The Labute approximate surface area is 243 Å². The van der Waals surface area contributed by atoms with Crippen molar-refractivity contribution in [1.29, 1.82) is 0 Å². The lowest BCUT2D eigenvalue weighted by atomic mass is 10.2. The fourth-order valence-corrected chi connectivity index (χ4v) is 4.62. The van der Waals surface area contributed by atoms with E-state index < -0.39 is 4.92 Å². The van der Waals surface area contributed by atoms with E-state index in [9.17, 15) is 14.9 Å². The van der Waals surface area contributed by atoms with Crippen LogP contribution in [0.1, 0.15) is 11.1 Å². The monoisotopic (exact) mass is 580 g/mol. The first-order valence-corrected chi connectivity index (χ1v) is 13.1. The largest absolute Gasteiger partial charge is 0.493 e. The van der Waals surface area contributed by atoms with Crippen molar-refractivity contribution in [3.05, 3.63) is 128 Å². The Morgan fingerprint density at radius 3 is 2.71 bits per heavy atom. The number of benzene rings is 4. The van der Waals surface area contributed by atoms with Gasteiger partial charge in [0.15, 0.2) is 17.3 Å². The van der Waals surface area contributed by atoms with Gasteiger partial charge in [-0.05, 0) is 65.7 Å². The van der Waals surface area contributed by atoms with E-state index in [0.29, 0.717) is 49.9 Å². The van der Waals surface area contributed by atoms with Crippen LogP contribution in [0, 0.1) is 10.1 Å². The summed E-state index contributed by atoms with van der Waals surface area (Å²) in [7, 11) is 1.50. The first kappa shape index (κ1) is 26.7. The summed E-state index contributed by atoms with van der Waals surface area (Å²) in [6, 6.07) is 25.4. The molecular formula is C31H21ClN4O6. The summed E-state index contributed by atoms with van der Waals surface area (Å²) in [6.07, 6.45) is 1.51. The van der Waals surface area contributed by atoms with E-state index in [-0.39, 0.29) is 23.7 Å². The minimum Gasteiger partial charge on any atom is -0.493 e. The Morgan fingerprint density at radius 2 is 1.88 bits per heavy atom. The van der Waals surface area contributed by atoms with E-state index in [0.717, 1.165) is 5.39 Å². The number of furan rings is 1. The van der Waals surface area contributed by atoms with Gasteiger partial charge in [0, 0.05) is 22.5 Å². The summed E-state index contributed by atoms with van der Waals surface area (Å²) in [5.74, 6) is 1.44. The van der Waals surface area contributed by atoms with Crippen molar-refractivity contribution in [2.24, 2.45) is 5.10 Å². The Balaban J connectivity index is 1.34. The van der Waals surface area contributed by atoms with E-state index in [1.54, 1.807) is 78.9 Å². The van der Waals surface area contributed by atoms with Crippen LogP contribution in [0.4, 0.5) is 5.69 Å². The molecule has 0 bridgehead atoms. The molecule has 0 amide bonds. The highest BCUT2D eigenvalue weighted by molar-refractivity contribution is 6.31. The molecule has 0 unspecified atom stereocenters. The van der Waals surface area contributed by atoms with Crippen molar-refractivity contribution < 1.29 is 18.8 Å². The van der Waals surface area contributed by atoms with Crippen LogP contribution in [0.2, 0.25) is 5.02 Å². The number of fused-ring (bicyclic) bond motifs is 2. The smallest absolute Gasteiger partial charge is 0.282 e. The number of halogens is 1. The van der Waals surface area contributed by atoms with Gasteiger partial charge in [0.2, 0.25) is 5.82 Å². The Kier molecular flexibility index (Phi) is 7.12. The average molecular weight is 581 g/mol. The summed E-state index contributed by atoms with van der Waals surface area (Å²) in [5.41, 5.74) is 1.98. The second-order valence-electron chi connectivity index (χ2n) is 9.23. The summed E-state index contributed by atoms with van der Waals surface area (Å²) >= 11 is 6.15. The van der Waals surface area contributed by atoms with Crippen LogP contribution in [0.3, 0.4) is 0 Å². The highest BCUT2D eigenvalue weighted by Gasteiger charge is 2.17. The van der Waals surface area contributed by atoms with Gasteiger partial charge < -0.3 is 13.9 Å². The molecular weight excluding hydrogens is 560 g/mol. The molecule has 0 N–H and O–H groups in total. The van der Waals surface area contributed by atoms with Gasteiger partial charge in [0.05, 0.1) is 29.2 Å². The van der Waals surface area contributed by atoms with Gasteiger partial charge in [-0.3, -0.25) is 14.9 Å². The van der Waals surface area contributed by atoms with Crippen LogP contribution in [0.15, 0.2) is 105 Å². The van der Waals surface area contributed by atoms with Crippen LogP contribution in [-0.4, -0.2) is 27.9 Å². The number of rotatable bonds is 8. The van der Waals surface area contributed by atoms with Gasteiger partial charge in [0.1, 0.15) is 12.2 Å². The normalized spacial score (nSPS) is 11.4. The lowest BCUT2D eigenvalue weighted by molar-refractivity contribution is -0.384. The molecule has 0 aliphatic heterocycles. The quantitative estimate of drug-likeness (QED) is 0.110. The van der Waals surface area contributed by atoms with Crippen LogP contribution >= 0.6 is 11.6 Å². The molecule has 208 valence electrons. The second-order valence-corrected chi connectivity index (χ2v) is 9.67. The topological polar surface area (TPSA) is 122 Å². The molecule has 0 atom stereocenters. The molecule has 4 aromatic carbocycles. The lowest BCUT2D eigenvalue weighted by Crippen LogP contribution is -2.20. The molecule has 0 radical (unpaired) electrons. The highest BCUT2D eigenvalue weighted by atomic mass is 35.5. The minimum absolute atomic E-state index is 0.0149. The predicted molar refractivity (Wildman–Crippen MR) is 160 cm³/mol. The van der Waals surface area contributed by atoms with Crippen molar-refractivity contribution in [1.82, 2.24) is 9.66 Å². The molecule has 6 aromatic rings. The number of aromatic nitrogens is 2. The predicted octanol–water partition coefficient (Wildman–Crippen LogP) is 6.84. The van der Waals surface area contributed by atoms with Crippen LogP contribution in [-0.2, 0) is 6.61 Å². The maximum Gasteiger partial charge on any atom is 0.282 e. The summed E-state index contributed by atoms with van der Waals surface area (Å²) in [6.45, 7) is 0.107. The third-order valence-corrected chi connectivity index (χ3v) is 6.71. The molecule has 2 aromatic heterocycles. The third kappa shape index (κ3) is 5.30. The number of nitro groups is 1. The van der Waals surface area contributed by atoms with Crippen LogP contribution in [0.5, 0.6) is 11.5 Å². The fraction of sp³-hybridized carbons (Fsp3) is 0.0645. The summed E-state index contributed by atoms with van der Waals surface area (Å²) < 4.78 is 18.6. The van der Waals surface area contributed by atoms with Gasteiger partial charge in [0.25, 0.3) is 11.2 Å². The second kappa shape index (κ2) is 11.2. The molecule has 0 spiro atoms. The maximum atomic E-state index is 13.5. The molecule has 0 fully saturated rings. The van der Waals surface area contributed by atoms with E-state index >= 15 is 0 Å². The maximum absolute atomic E-state index is 13.5. The highest BCUT2D eigenvalue weighted by Crippen LogP contribution is 2.30. The molecule has 6 rings (SSSR count). The summed E-state index contributed by atoms with van der Waals surface area (Å²) in [5, 5.41) is 17.3. The zero-order valence-electron chi connectivity index (χ0n) is 22.1. The number of hydrogen-bond acceptors (Lipinski definition) is 8. The molecule has 42 heavy (non-hydrogen) atoms. The zero-order chi connectivity index (χ0) is 29.2. The van der Waals surface area contributed by atoms with Gasteiger partial charge in [-0.25, -0.2) is 4.98 Å². The van der Waals surface area contributed by atoms with Crippen molar-refractivity contribution in [3.8, 4) is 23.1 Å². The Hall–Kier alpha value is -5.48. The van der Waals surface area contributed by atoms with E-state index in [4.69, 9.17) is 25.5 Å². The Bertz CT molecular complexity index is 2070. The van der Waals surface area contributed by atoms with E-state index in [1.165, 1.54) is 30.1 Å². The number of non-ortho nitro benzene ring substituents is 1. The van der Waals surface area contributed by atoms with Crippen molar-refractivity contribution in [3.63, 3.8) is 0 Å². The molecule has 0 saturated heterocycles. The van der Waals surface area contributed by atoms with Gasteiger partial charge in [-0.1, -0.05) is 35.9 Å². The van der Waals surface area contributed by atoms with Gasteiger partial charge in [-0.2, -0.15) is 9.78 Å². The molecule has 0 aliphatic carbocycles. The Morgan fingerprint density at radius 1 is 1.02 bits per heavy atom. The van der Waals surface area contributed by atoms with Gasteiger partial charge in [-0.15, -0.1) is 0 Å².